The molecule has 0 aromatic heterocycles. The average Bonchev–Trinajstić information content (AvgIpc) is 2.36. The zero-order chi connectivity index (χ0) is 7.56. The maximum atomic E-state index is 2.38. The normalized spacial score (nSPS) is 24.0. The third-order valence-corrected chi connectivity index (χ3v) is 2.44. The van der Waals surface area contributed by atoms with Gasteiger partial charge in [0.15, 0.2) is 0 Å². The van der Waals surface area contributed by atoms with Crippen LogP contribution in [0.2, 0.25) is 0 Å². The van der Waals surface area contributed by atoms with Gasteiger partial charge in [-0.1, -0.05) is 0 Å². The summed E-state index contributed by atoms with van der Waals surface area (Å²) in [5, 5.41) is 0. The van der Waals surface area contributed by atoms with Crippen LogP contribution in [0.25, 0.3) is 0 Å². The zero-order valence-corrected chi connectivity index (χ0v) is 7.22. The molecule has 1 aliphatic rings. The molecule has 0 spiro atoms. The van der Waals surface area contributed by atoms with E-state index in [4.69, 9.17) is 0 Å². The summed E-state index contributed by atoms with van der Waals surface area (Å²) in [5.41, 5.74) is 0. The summed E-state index contributed by atoms with van der Waals surface area (Å²) in [6.07, 6.45) is 6.25. The quantitative estimate of drug-likeness (QED) is 0.565. The predicted molar refractivity (Wildman–Crippen MR) is 44.5 cm³/mol. The monoisotopic (exact) mass is 139 g/mol. The lowest BCUT2D eigenvalue weighted by atomic mass is 9.99. The van der Waals surface area contributed by atoms with Crippen molar-refractivity contribution in [2.75, 3.05) is 14.1 Å². The molecule has 58 valence electrons. The Kier molecular flexibility index (Phi) is 2.72. The summed E-state index contributed by atoms with van der Waals surface area (Å²) in [4.78, 5) is 2.29. The van der Waals surface area contributed by atoms with Crippen LogP contribution in [0.1, 0.15) is 26.2 Å². The van der Waals surface area contributed by atoms with Crippen molar-refractivity contribution in [1.29, 1.82) is 0 Å². The molecule has 0 saturated heterocycles. The van der Waals surface area contributed by atoms with Crippen LogP contribution in [-0.4, -0.2) is 25.0 Å². The second kappa shape index (κ2) is 3.38. The summed E-state index contributed by atoms with van der Waals surface area (Å²) >= 11 is 0. The Morgan fingerprint density at radius 1 is 1.50 bits per heavy atom. The Hall–Kier alpha value is -0.0400. The van der Waals surface area contributed by atoms with E-state index in [2.05, 4.69) is 32.3 Å². The molecule has 1 nitrogen and oxygen atoms in total. The topological polar surface area (TPSA) is 3.24 Å². The number of hydrogen-bond acceptors (Lipinski definition) is 1. The third-order valence-electron chi connectivity index (χ3n) is 2.44. The van der Waals surface area contributed by atoms with Crippen molar-refractivity contribution < 1.29 is 0 Å². The smallest absolute Gasteiger partial charge is 0.0123 e. The summed E-state index contributed by atoms with van der Waals surface area (Å²) in [7, 11) is 4.30. The largest absolute Gasteiger partial charge is 0.306 e. The van der Waals surface area contributed by atoms with E-state index in [9.17, 15) is 0 Å². The van der Waals surface area contributed by atoms with E-state index < -0.39 is 0 Å². The molecule has 0 heterocycles. The first kappa shape index (κ1) is 8.06. The van der Waals surface area contributed by atoms with Crippen LogP contribution in [-0.2, 0) is 0 Å². The summed E-state index contributed by atoms with van der Waals surface area (Å²) < 4.78 is 0. The number of hydrogen-bond donors (Lipinski definition) is 0. The fourth-order valence-corrected chi connectivity index (χ4v) is 1.42. The molecular weight excluding hydrogens is 122 g/mol. The van der Waals surface area contributed by atoms with Gasteiger partial charge in [-0.2, -0.15) is 0 Å². The van der Waals surface area contributed by atoms with Gasteiger partial charge in [-0.05, 0) is 52.6 Å². The molecule has 0 amide bonds. The minimum atomic E-state index is 0.679. The first-order valence-corrected chi connectivity index (χ1v) is 4.04. The van der Waals surface area contributed by atoms with Gasteiger partial charge in [-0.3, -0.25) is 0 Å². The van der Waals surface area contributed by atoms with Crippen molar-refractivity contribution in [2.24, 2.45) is 0 Å². The molecule has 0 aromatic rings. The van der Waals surface area contributed by atoms with E-state index in [0.717, 1.165) is 0 Å². The molecule has 0 N–H and O–H groups in total. The van der Waals surface area contributed by atoms with Crippen molar-refractivity contribution in [3.8, 4) is 0 Å². The van der Waals surface area contributed by atoms with Crippen LogP contribution in [0, 0.1) is 12.3 Å². The van der Waals surface area contributed by atoms with Crippen molar-refractivity contribution in [1.82, 2.24) is 4.90 Å². The average molecular weight is 139 g/mol. The fourth-order valence-electron chi connectivity index (χ4n) is 1.42. The van der Waals surface area contributed by atoms with Crippen LogP contribution < -0.4 is 0 Å². The van der Waals surface area contributed by atoms with Crippen LogP contribution in [0.4, 0.5) is 0 Å². The van der Waals surface area contributed by atoms with E-state index in [1.54, 1.807) is 5.92 Å². The van der Waals surface area contributed by atoms with E-state index in [0.29, 0.717) is 6.04 Å². The van der Waals surface area contributed by atoms with Gasteiger partial charge in [0.1, 0.15) is 0 Å². The molecule has 1 saturated carbocycles. The highest BCUT2D eigenvalue weighted by Gasteiger charge is 2.22. The maximum Gasteiger partial charge on any atom is 0.0123 e. The highest BCUT2D eigenvalue weighted by molar-refractivity contribution is 5.08. The van der Waals surface area contributed by atoms with Gasteiger partial charge in [0.2, 0.25) is 0 Å². The molecule has 0 aliphatic heterocycles. The lowest BCUT2D eigenvalue weighted by molar-refractivity contribution is 0.317. The molecule has 10 heavy (non-hydrogen) atoms. The zero-order valence-electron chi connectivity index (χ0n) is 7.22. The van der Waals surface area contributed by atoms with Gasteiger partial charge >= 0.3 is 0 Å². The fraction of sp³-hybridized carbons (Fsp3) is 0.778. The van der Waals surface area contributed by atoms with Crippen molar-refractivity contribution in [3.63, 3.8) is 0 Å². The second-order valence-electron chi connectivity index (χ2n) is 3.33. The Morgan fingerprint density at radius 2 is 2.20 bits per heavy atom. The minimum absolute atomic E-state index is 0.679. The van der Waals surface area contributed by atoms with Crippen LogP contribution in [0.15, 0.2) is 0 Å². The third kappa shape index (κ3) is 1.72. The summed E-state index contributed by atoms with van der Waals surface area (Å²) in [5.74, 6) is 1.70. The molecule has 1 heteroatoms. The van der Waals surface area contributed by atoms with Gasteiger partial charge < -0.3 is 4.90 Å². The number of nitrogens with zero attached hydrogens (tertiary/aromatic N) is 1. The van der Waals surface area contributed by atoms with E-state index in [1.165, 1.54) is 19.3 Å². The molecule has 2 radical (unpaired) electrons. The van der Waals surface area contributed by atoms with E-state index >= 15 is 0 Å². The molecule has 1 atom stereocenters. The van der Waals surface area contributed by atoms with Gasteiger partial charge in [-0.25, -0.2) is 0 Å². The number of rotatable bonds is 2. The lowest BCUT2D eigenvalue weighted by Crippen LogP contribution is -2.29. The molecule has 1 fully saturated rings. The summed E-state index contributed by atoms with van der Waals surface area (Å²) in [6, 6.07) is 0.679. The van der Waals surface area contributed by atoms with Crippen LogP contribution in [0.3, 0.4) is 0 Å². The van der Waals surface area contributed by atoms with Gasteiger partial charge in [0.25, 0.3) is 0 Å². The van der Waals surface area contributed by atoms with E-state index in [1.807, 2.05) is 0 Å². The Bertz CT molecular complexity index is 92.9. The van der Waals surface area contributed by atoms with Gasteiger partial charge in [0.05, 0.1) is 0 Å². The first-order chi connectivity index (χ1) is 4.72. The van der Waals surface area contributed by atoms with Crippen molar-refractivity contribution in [2.45, 2.75) is 32.2 Å². The molecular formula is C9H17N. The molecule has 1 aliphatic carbocycles. The van der Waals surface area contributed by atoms with Crippen LogP contribution >= 0.6 is 0 Å². The standard InChI is InChI=1S/C9H17N/c1-8(10(2)3)9-6-4-5-7-9/h4,8H,5-7H2,1-3H3. The highest BCUT2D eigenvalue weighted by atomic mass is 15.1. The highest BCUT2D eigenvalue weighted by Crippen LogP contribution is 2.30. The van der Waals surface area contributed by atoms with Gasteiger partial charge in [0, 0.05) is 6.04 Å². The Morgan fingerprint density at radius 3 is 2.60 bits per heavy atom. The molecule has 1 unspecified atom stereocenters. The van der Waals surface area contributed by atoms with Crippen molar-refractivity contribution in [3.05, 3.63) is 12.3 Å². The predicted octanol–water partition coefficient (Wildman–Crippen LogP) is 1.90. The second-order valence-corrected chi connectivity index (χ2v) is 3.33. The SMILES string of the molecule is CC([C]1C[CH]CC1)N(C)C. The first-order valence-electron chi connectivity index (χ1n) is 4.04. The maximum absolute atomic E-state index is 2.38. The Labute approximate surface area is 64.4 Å². The summed E-state index contributed by atoms with van der Waals surface area (Å²) in [6.45, 7) is 2.29. The molecule has 0 bridgehead atoms. The van der Waals surface area contributed by atoms with E-state index in [-0.39, 0.29) is 0 Å². The van der Waals surface area contributed by atoms with Crippen molar-refractivity contribution >= 4 is 0 Å². The minimum Gasteiger partial charge on any atom is -0.306 e. The molecule has 0 aromatic carbocycles. The van der Waals surface area contributed by atoms with Crippen LogP contribution in [0.5, 0.6) is 0 Å². The van der Waals surface area contributed by atoms with Gasteiger partial charge in [-0.15, -0.1) is 0 Å². The Balaban J connectivity index is 2.32. The lowest BCUT2D eigenvalue weighted by Gasteiger charge is -2.25. The molecule has 1 rings (SSSR count).